The smallest absolute Gasteiger partial charge is 0.228 e. The van der Waals surface area contributed by atoms with Gasteiger partial charge in [-0.3, -0.25) is 4.79 Å². The second-order valence-corrected chi connectivity index (χ2v) is 5.63. The summed E-state index contributed by atoms with van der Waals surface area (Å²) in [6.07, 6.45) is 0.475. The summed E-state index contributed by atoms with van der Waals surface area (Å²) in [5.41, 5.74) is 2.21. The number of carbonyl (C=O) groups is 1. The van der Waals surface area contributed by atoms with Crippen LogP contribution in [0.5, 0.6) is 0 Å². The van der Waals surface area contributed by atoms with Gasteiger partial charge in [-0.2, -0.15) is 0 Å². The average Bonchev–Trinajstić information content (AvgIpc) is 2.47. The first-order valence-corrected chi connectivity index (χ1v) is 7.25. The zero-order chi connectivity index (χ0) is 14.5. The number of carbonyl (C=O) groups excluding carboxylic acids is 1. The number of rotatable bonds is 4. The van der Waals surface area contributed by atoms with E-state index in [1.807, 2.05) is 19.2 Å². The van der Waals surface area contributed by atoms with Crippen LogP contribution >= 0.6 is 12.4 Å². The predicted octanol–water partition coefficient (Wildman–Crippen LogP) is 2.57. The minimum absolute atomic E-state index is 0. The van der Waals surface area contributed by atoms with Gasteiger partial charge in [-0.15, -0.1) is 12.4 Å². The number of benzene rings is 1. The third kappa shape index (κ3) is 4.99. The maximum atomic E-state index is 12.3. The van der Waals surface area contributed by atoms with Gasteiger partial charge in [-0.05, 0) is 23.6 Å². The first-order valence-electron chi connectivity index (χ1n) is 7.25. The molecule has 5 heteroatoms. The van der Waals surface area contributed by atoms with Gasteiger partial charge in [0.2, 0.25) is 5.91 Å². The zero-order valence-corrected chi connectivity index (χ0v) is 13.8. The molecule has 1 aromatic rings. The molecule has 0 spiro atoms. The quantitative estimate of drug-likeness (QED) is 0.929. The Bertz CT molecular complexity index is 459. The standard InChI is InChI=1S/C16H24N2O2.ClH/c1-12(2)13-5-4-6-15(9-13)18(3)16(19)10-14-11-20-8-7-17-14;/h4-6,9,12,14,17H,7-8,10-11H2,1-3H3;1H. The molecule has 21 heavy (non-hydrogen) atoms. The van der Waals surface area contributed by atoms with Crippen LogP contribution in [-0.4, -0.2) is 38.8 Å². The topological polar surface area (TPSA) is 41.6 Å². The van der Waals surface area contributed by atoms with Crippen molar-refractivity contribution in [3.05, 3.63) is 29.8 Å². The summed E-state index contributed by atoms with van der Waals surface area (Å²) >= 11 is 0. The van der Waals surface area contributed by atoms with Gasteiger partial charge in [0.1, 0.15) is 0 Å². The second-order valence-electron chi connectivity index (χ2n) is 5.63. The Labute approximate surface area is 133 Å². The summed E-state index contributed by atoms with van der Waals surface area (Å²) in [4.78, 5) is 14.1. The van der Waals surface area contributed by atoms with Crippen molar-refractivity contribution in [3.63, 3.8) is 0 Å². The molecule has 0 aliphatic carbocycles. The van der Waals surface area contributed by atoms with Crippen LogP contribution in [0.2, 0.25) is 0 Å². The third-order valence-corrected chi connectivity index (χ3v) is 3.72. The summed E-state index contributed by atoms with van der Waals surface area (Å²) in [5, 5.41) is 3.31. The van der Waals surface area contributed by atoms with Crippen molar-refractivity contribution in [1.29, 1.82) is 0 Å². The molecule has 1 N–H and O–H groups in total. The molecule has 1 fully saturated rings. The molecule has 0 aromatic heterocycles. The molecular formula is C16H25ClN2O2. The van der Waals surface area contributed by atoms with Gasteiger partial charge in [0.05, 0.1) is 13.2 Å². The monoisotopic (exact) mass is 312 g/mol. The lowest BCUT2D eigenvalue weighted by Crippen LogP contribution is -2.44. The summed E-state index contributed by atoms with van der Waals surface area (Å²) in [6, 6.07) is 8.31. The van der Waals surface area contributed by atoms with Crippen molar-refractivity contribution < 1.29 is 9.53 Å². The maximum Gasteiger partial charge on any atom is 0.228 e. The van der Waals surface area contributed by atoms with Crippen molar-refractivity contribution >= 4 is 24.0 Å². The van der Waals surface area contributed by atoms with Gasteiger partial charge in [0.15, 0.2) is 0 Å². The van der Waals surface area contributed by atoms with Crippen molar-refractivity contribution in [2.75, 3.05) is 31.7 Å². The summed E-state index contributed by atoms with van der Waals surface area (Å²) in [5.74, 6) is 0.584. The molecule has 1 atom stereocenters. The molecule has 2 rings (SSSR count). The van der Waals surface area contributed by atoms with E-state index in [-0.39, 0.29) is 24.4 Å². The fraction of sp³-hybridized carbons (Fsp3) is 0.562. The highest BCUT2D eigenvalue weighted by Crippen LogP contribution is 2.21. The average molecular weight is 313 g/mol. The molecule has 1 aromatic carbocycles. The first-order chi connectivity index (χ1) is 9.58. The molecule has 4 nitrogen and oxygen atoms in total. The van der Waals surface area contributed by atoms with Gasteiger partial charge in [0, 0.05) is 31.7 Å². The fourth-order valence-corrected chi connectivity index (χ4v) is 2.34. The number of nitrogens with one attached hydrogen (secondary N) is 1. The lowest BCUT2D eigenvalue weighted by atomic mass is 10.0. The Morgan fingerprint density at radius 2 is 2.24 bits per heavy atom. The summed E-state index contributed by atoms with van der Waals surface area (Å²) < 4.78 is 5.39. The van der Waals surface area contributed by atoms with E-state index in [0.717, 1.165) is 18.8 Å². The van der Waals surface area contributed by atoms with Crippen LogP contribution in [0.4, 0.5) is 5.69 Å². The Morgan fingerprint density at radius 1 is 1.48 bits per heavy atom. The van der Waals surface area contributed by atoms with Gasteiger partial charge in [-0.25, -0.2) is 0 Å². The largest absolute Gasteiger partial charge is 0.378 e. The van der Waals surface area contributed by atoms with E-state index >= 15 is 0 Å². The molecule has 0 radical (unpaired) electrons. The molecule has 0 saturated carbocycles. The van der Waals surface area contributed by atoms with Gasteiger partial charge in [0.25, 0.3) is 0 Å². The fourth-order valence-electron chi connectivity index (χ4n) is 2.34. The van der Waals surface area contributed by atoms with E-state index in [2.05, 4.69) is 31.3 Å². The number of halogens is 1. The van der Waals surface area contributed by atoms with E-state index < -0.39 is 0 Å². The SMILES string of the molecule is CC(C)c1cccc(N(C)C(=O)CC2COCCN2)c1.Cl. The predicted molar refractivity (Wildman–Crippen MR) is 88.4 cm³/mol. The van der Waals surface area contributed by atoms with E-state index in [1.54, 1.807) is 4.90 Å². The second kappa shape index (κ2) is 8.37. The zero-order valence-electron chi connectivity index (χ0n) is 13.0. The van der Waals surface area contributed by atoms with Gasteiger partial charge >= 0.3 is 0 Å². The number of morpholine rings is 1. The Kier molecular flexibility index (Phi) is 7.15. The lowest BCUT2D eigenvalue weighted by molar-refractivity contribution is -0.119. The lowest BCUT2D eigenvalue weighted by Gasteiger charge is -2.26. The molecule has 1 aliphatic rings. The Balaban J connectivity index is 0.00000220. The summed E-state index contributed by atoms with van der Waals surface area (Å²) in [7, 11) is 1.84. The molecule has 1 amide bonds. The van der Waals surface area contributed by atoms with E-state index in [9.17, 15) is 4.79 Å². The van der Waals surface area contributed by atoms with Crippen LogP contribution in [0.15, 0.2) is 24.3 Å². The van der Waals surface area contributed by atoms with Crippen LogP contribution in [0.25, 0.3) is 0 Å². The minimum Gasteiger partial charge on any atom is -0.378 e. The molecule has 118 valence electrons. The number of anilines is 1. The highest BCUT2D eigenvalue weighted by atomic mass is 35.5. The van der Waals surface area contributed by atoms with Crippen molar-refractivity contribution in [2.24, 2.45) is 0 Å². The van der Waals surface area contributed by atoms with Crippen LogP contribution in [0, 0.1) is 0 Å². The molecule has 1 heterocycles. The van der Waals surface area contributed by atoms with Crippen LogP contribution in [-0.2, 0) is 9.53 Å². The van der Waals surface area contributed by atoms with Crippen molar-refractivity contribution in [2.45, 2.75) is 32.2 Å². The Hall–Kier alpha value is -1.10. The number of nitrogens with zero attached hydrogens (tertiary/aromatic N) is 1. The number of amides is 1. The molecule has 1 aliphatic heterocycles. The number of hydrogen-bond donors (Lipinski definition) is 1. The number of hydrogen-bond acceptors (Lipinski definition) is 3. The summed E-state index contributed by atoms with van der Waals surface area (Å²) in [6.45, 7) is 6.49. The van der Waals surface area contributed by atoms with E-state index in [0.29, 0.717) is 18.9 Å². The maximum absolute atomic E-state index is 12.3. The highest BCUT2D eigenvalue weighted by Gasteiger charge is 2.20. The van der Waals surface area contributed by atoms with Crippen LogP contribution in [0.1, 0.15) is 31.7 Å². The number of ether oxygens (including phenoxy) is 1. The normalized spacial score (nSPS) is 18.2. The molecular weight excluding hydrogens is 288 g/mol. The van der Waals surface area contributed by atoms with Crippen LogP contribution < -0.4 is 10.2 Å². The molecule has 0 bridgehead atoms. The molecule has 1 unspecified atom stereocenters. The minimum atomic E-state index is 0. The van der Waals surface area contributed by atoms with Gasteiger partial charge < -0.3 is 15.0 Å². The highest BCUT2D eigenvalue weighted by molar-refractivity contribution is 5.93. The third-order valence-electron chi connectivity index (χ3n) is 3.72. The van der Waals surface area contributed by atoms with Crippen molar-refractivity contribution in [3.8, 4) is 0 Å². The molecule has 1 saturated heterocycles. The first kappa shape index (κ1) is 18.0. The Morgan fingerprint density at radius 3 is 2.86 bits per heavy atom. The van der Waals surface area contributed by atoms with Crippen LogP contribution in [0.3, 0.4) is 0 Å². The van der Waals surface area contributed by atoms with E-state index in [4.69, 9.17) is 4.74 Å². The van der Waals surface area contributed by atoms with Crippen molar-refractivity contribution in [1.82, 2.24) is 5.32 Å². The van der Waals surface area contributed by atoms with Gasteiger partial charge in [-0.1, -0.05) is 26.0 Å². The van der Waals surface area contributed by atoms with E-state index in [1.165, 1.54) is 5.56 Å².